The van der Waals surface area contributed by atoms with Crippen molar-refractivity contribution in [3.63, 3.8) is 0 Å². The summed E-state index contributed by atoms with van der Waals surface area (Å²) in [5.41, 5.74) is 2.73. The molecular weight excluding hydrogens is 373 g/mol. The molecule has 0 saturated carbocycles. The van der Waals surface area contributed by atoms with E-state index < -0.39 is 0 Å². The highest BCUT2D eigenvalue weighted by Crippen LogP contribution is 2.38. The van der Waals surface area contributed by atoms with E-state index >= 15 is 0 Å². The molecule has 4 rings (SSSR count). The van der Waals surface area contributed by atoms with Gasteiger partial charge >= 0.3 is 0 Å². The molecule has 148 valence electrons. The molecule has 0 aliphatic carbocycles. The fourth-order valence-electron chi connectivity index (χ4n) is 3.34. The number of aromatic nitrogens is 2. The van der Waals surface area contributed by atoms with Crippen LogP contribution in [0.3, 0.4) is 0 Å². The monoisotopic (exact) mass is 393 g/mol. The van der Waals surface area contributed by atoms with E-state index in [1.54, 1.807) is 12.1 Å². The highest BCUT2D eigenvalue weighted by atomic mass is 19.1. The lowest BCUT2D eigenvalue weighted by molar-refractivity contribution is -0.120. The first-order valence-corrected chi connectivity index (χ1v) is 9.30. The molecule has 1 aliphatic rings. The summed E-state index contributed by atoms with van der Waals surface area (Å²) in [7, 11) is 1.50. The van der Waals surface area contributed by atoms with Crippen molar-refractivity contribution in [2.75, 3.05) is 13.7 Å². The van der Waals surface area contributed by atoms with E-state index in [9.17, 15) is 9.18 Å². The summed E-state index contributed by atoms with van der Waals surface area (Å²) in [5, 5.41) is 10.9. The first kappa shape index (κ1) is 18.9. The molecule has 7 heteroatoms. The quantitative estimate of drug-likeness (QED) is 0.697. The van der Waals surface area contributed by atoms with Gasteiger partial charge in [-0.2, -0.15) is 0 Å². The summed E-state index contributed by atoms with van der Waals surface area (Å²) in [6.45, 7) is 0.343. The third-order valence-corrected chi connectivity index (χ3v) is 4.72. The van der Waals surface area contributed by atoms with Gasteiger partial charge in [-0.1, -0.05) is 30.3 Å². The average Bonchev–Trinajstić information content (AvgIpc) is 3.15. The van der Waals surface area contributed by atoms with Gasteiger partial charge in [-0.05, 0) is 23.8 Å². The highest BCUT2D eigenvalue weighted by molar-refractivity contribution is 5.78. The van der Waals surface area contributed by atoms with Crippen molar-refractivity contribution in [3.8, 4) is 22.9 Å². The number of amides is 1. The number of carbonyl (C=O) groups is 1. The van der Waals surface area contributed by atoms with Crippen molar-refractivity contribution in [1.82, 2.24) is 15.5 Å². The van der Waals surface area contributed by atoms with Gasteiger partial charge in [0.05, 0.1) is 25.8 Å². The lowest BCUT2D eigenvalue weighted by Crippen LogP contribution is -2.35. The topological polar surface area (TPSA) is 73.3 Å². The zero-order chi connectivity index (χ0) is 20.2. The number of nitrogens with zero attached hydrogens (tertiary/aromatic N) is 2. The van der Waals surface area contributed by atoms with Gasteiger partial charge in [0.25, 0.3) is 0 Å². The number of methoxy groups -OCH3 is 1. The lowest BCUT2D eigenvalue weighted by atomic mass is 10.0. The molecule has 0 saturated heterocycles. The number of rotatable bonds is 6. The van der Waals surface area contributed by atoms with Gasteiger partial charge in [0.15, 0.2) is 0 Å². The fourth-order valence-corrected chi connectivity index (χ4v) is 3.34. The van der Waals surface area contributed by atoms with E-state index in [-0.39, 0.29) is 17.8 Å². The number of benzene rings is 2. The number of hydrogen-bond donors (Lipinski definition) is 1. The fraction of sp³-hybridized carbons (Fsp3) is 0.227. The zero-order valence-electron chi connectivity index (χ0n) is 15.9. The Morgan fingerprint density at radius 3 is 2.76 bits per heavy atom. The molecule has 1 atom stereocenters. The molecule has 0 fully saturated rings. The van der Waals surface area contributed by atoms with Crippen LogP contribution in [0.15, 0.2) is 54.6 Å². The van der Waals surface area contributed by atoms with Crippen LogP contribution in [-0.2, 0) is 17.6 Å². The molecular formula is C22H20FN3O3. The van der Waals surface area contributed by atoms with Crippen molar-refractivity contribution >= 4 is 5.91 Å². The second-order valence-electron chi connectivity index (χ2n) is 6.81. The smallest absolute Gasteiger partial charge is 0.233 e. The maximum Gasteiger partial charge on any atom is 0.233 e. The lowest BCUT2D eigenvalue weighted by Gasteiger charge is -2.13. The van der Waals surface area contributed by atoms with Gasteiger partial charge in [-0.25, -0.2) is 4.39 Å². The van der Waals surface area contributed by atoms with Crippen LogP contribution in [0.1, 0.15) is 11.1 Å². The predicted molar refractivity (Wildman–Crippen MR) is 105 cm³/mol. The molecule has 2 aromatic carbocycles. The van der Waals surface area contributed by atoms with E-state index in [4.69, 9.17) is 9.47 Å². The predicted octanol–water partition coefficient (Wildman–Crippen LogP) is 2.95. The van der Waals surface area contributed by atoms with Gasteiger partial charge in [-0.15, -0.1) is 10.2 Å². The molecule has 3 aromatic rings. The Labute approximate surface area is 167 Å². The highest BCUT2D eigenvalue weighted by Gasteiger charge is 2.28. The molecule has 29 heavy (non-hydrogen) atoms. The summed E-state index contributed by atoms with van der Waals surface area (Å²) in [4.78, 5) is 12.2. The maximum absolute atomic E-state index is 14.1. The maximum atomic E-state index is 14.1. The second kappa shape index (κ2) is 8.26. The standard InChI is InChI=1S/C22H20FN3O3/c1-28-21-8-7-19(25-26-21)18-12-16(23)10-15-11-17(29-22(15)18)13-24-20(27)9-14-5-3-2-4-6-14/h2-8,10,12,17H,9,11,13H2,1H3,(H,24,27)/t17-/m0/s1. The number of carbonyl (C=O) groups excluding carboxylic acids is 1. The van der Waals surface area contributed by atoms with Crippen LogP contribution in [0.2, 0.25) is 0 Å². The van der Waals surface area contributed by atoms with Gasteiger partial charge in [-0.3, -0.25) is 4.79 Å². The van der Waals surface area contributed by atoms with Crippen molar-refractivity contribution in [1.29, 1.82) is 0 Å². The van der Waals surface area contributed by atoms with Crippen LogP contribution >= 0.6 is 0 Å². The van der Waals surface area contributed by atoms with E-state index in [1.165, 1.54) is 19.2 Å². The molecule has 1 amide bonds. The van der Waals surface area contributed by atoms with Crippen molar-refractivity contribution in [2.45, 2.75) is 18.9 Å². The van der Waals surface area contributed by atoms with Crippen molar-refractivity contribution in [3.05, 3.63) is 71.5 Å². The molecule has 0 bridgehead atoms. The Hall–Kier alpha value is -3.48. The molecule has 1 aliphatic heterocycles. The average molecular weight is 393 g/mol. The summed E-state index contributed by atoms with van der Waals surface area (Å²) in [5.74, 6) is 0.506. The van der Waals surface area contributed by atoms with E-state index in [2.05, 4.69) is 15.5 Å². The summed E-state index contributed by atoms with van der Waals surface area (Å²) in [6.07, 6.45) is 0.549. The van der Waals surface area contributed by atoms with Crippen LogP contribution in [0.4, 0.5) is 4.39 Å². The van der Waals surface area contributed by atoms with Gasteiger partial charge in [0.2, 0.25) is 11.8 Å². The Morgan fingerprint density at radius 2 is 2.03 bits per heavy atom. The zero-order valence-corrected chi connectivity index (χ0v) is 15.9. The minimum Gasteiger partial charge on any atom is -0.487 e. The van der Waals surface area contributed by atoms with Gasteiger partial charge < -0.3 is 14.8 Å². The molecule has 2 heterocycles. The Kier molecular flexibility index (Phi) is 5.37. The Balaban J connectivity index is 1.44. The van der Waals surface area contributed by atoms with Crippen molar-refractivity contribution < 1.29 is 18.7 Å². The normalized spacial score (nSPS) is 14.8. The van der Waals surface area contributed by atoms with Crippen LogP contribution in [-0.4, -0.2) is 35.9 Å². The largest absolute Gasteiger partial charge is 0.487 e. The molecule has 1 N–H and O–H groups in total. The van der Waals surface area contributed by atoms with Crippen LogP contribution in [0, 0.1) is 5.82 Å². The summed E-state index contributed by atoms with van der Waals surface area (Å²) in [6, 6.07) is 15.7. The minimum absolute atomic E-state index is 0.0804. The first-order valence-electron chi connectivity index (χ1n) is 9.30. The van der Waals surface area contributed by atoms with E-state index in [0.29, 0.717) is 42.3 Å². The molecule has 6 nitrogen and oxygen atoms in total. The first-order chi connectivity index (χ1) is 14.1. The van der Waals surface area contributed by atoms with E-state index in [0.717, 1.165) is 11.1 Å². The SMILES string of the molecule is COc1ccc(-c2cc(F)cc3c2O[C@H](CNC(=O)Cc2ccccc2)C3)nn1. The van der Waals surface area contributed by atoms with Gasteiger partial charge in [0.1, 0.15) is 17.7 Å². The molecule has 0 spiro atoms. The minimum atomic E-state index is -0.367. The third kappa shape index (κ3) is 4.34. The van der Waals surface area contributed by atoms with Crippen molar-refractivity contribution in [2.24, 2.45) is 0 Å². The molecule has 0 unspecified atom stereocenters. The van der Waals surface area contributed by atoms with Crippen LogP contribution in [0.25, 0.3) is 11.3 Å². The summed E-state index contributed by atoms with van der Waals surface area (Å²) >= 11 is 0. The molecule has 0 radical (unpaired) electrons. The number of nitrogens with one attached hydrogen (secondary N) is 1. The second-order valence-corrected chi connectivity index (χ2v) is 6.81. The van der Waals surface area contributed by atoms with E-state index in [1.807, 2.05) is 30.3 Å². The third-order valence-electron chi connectivity index (χ3n) is 4.72. The van der Waals surface area contributed by atoms with Gasteiger partial charge in [0, 0.05) is 23.6 Å². The number of halogens is 1. The Morgan fingerprint density at radius 1 is 1.21 bits per heavy atom. The molecule has 1 aromatic heterocycles. The van der Waals surface area contributed by atoms with Crippen LogP contribution < -0.4 is 14.8 Å². The number of fused-ring (bicyclic) bond motifs is 1. The Bertz CT molecular complexity index is 1010. The number of ether oxygens (including phenoxy) is 2. The van der Waals surface area contributed by atoms with Crippen LogP contribution in [0.5, 0.6) is 11.6 Å². The summed E-state index contributed by atoms with van der Waals surface area (Å²) < 4.78 is 25.2. The number of hydrogen-bond acceptors (Lipinski definition) is 5.